The molecule has 0 atom stereocenters. The lowest BCUT2D eigenvalue weighted by atomic mass is 10.1. The number of benzene rings is 1. The number of carbonyl (C=O) groups is 1. The van der Waals surface area contributed by atoms with Crippen molar-refractivity contribution in [2.45, 2.75) is 25.7 Å². The minimum atomic E-state index is 0.124. The van der Waals surface area contributed by atoms with Crippen molar-refractivity contribution in [3.63, 3.8) is 0 Å². The summed E-state index contributed by atoms with van der Waals surface area (Å²) in [7, 11) is 0. The molecule has 0 bridgehead atoms. The first kappa shape index (κ1) is 13.9. The van der Waals surface area contributed by atoms with E-state index in [2.05, 4.69) is 0 Å². The third-order valence-electron chi connectivity index (χ3n) is 3.51. The first-order valence-electron chi connectivity index (χ1n) is 7.14. The van der Waals surface area contributed by atoms with Crippen molar-refractivity contribution in [1.82, 2.24) is 4.90 Å². The maximum Gasteiger partial charge on any atom is 0.324 e. The van der Waals surface area contributed by atoms with E-state index in [1.807, 2.05) is 40.1 Å². The summed E-state index contributed by atoms with van der Waals surface area (Å²) >= 11 is 0. The maximum atomic E-state index is 12.6. The number of amides is 2. The van der Waals surface area contributed by atoms with Crippen LogP contribution in [0.5, 0.6) is 0 Å². The molecular weight excluding hydrogens is 238 g/mol. The van der Waals surface area contributed by atoms with Crippen molar-refractivity contribution >= 4 is 11.7 Å². The Morgan fingerprint density at radius 3 is 2.47 bits per heavy atom. The smallest absolute Gasteiger partial charge is 0.324 e. The van der Waals surface area contributed by atoms with E-state index in [-0.39, 0.29) is 6.03 Å². The lowest BCUT2D eigenvalue weighted by Crippen LogP contribution is -2.46. The predicted molar refractivity (Wildman–Crippen MR) is 78.3 cm³/mol. The summed E-state index contributed by atoms with van der Waals surface area (Å²) in [6, 6.07) is 9.99. The van der Waals surface area contributed by atoms with Crippen LogP contribution in [0.15, 0.2) is 30.3 Å². The van der Waals surface area contributed by atoms with E-state index in [9.17, 15) is 4.79 Å². The van der Waals surface area contributed by atoms with Crippen LogP contribution in [-0.4, -0.2) is 37.1 Å². The zero-order valence-corrected chi connectivity index (χ0v) is 11.4. The third-order valence-corrected chi connectivity index (χ3v) is 3.51. The van der Waals surface area contributed by atoms with Crippen LogP contribution >= 0.6 is 0 Å². The van der Waals surface area contributed by atoms with Gasteiger partial charge in [-0.25, -0.2) is 4.79 Å². The Morgan fingerprint density at radius 2 is 1.84 bits per heavy atom. The number of hydrogen-bond acceptors (Lipinski definition) is 2. The summed E-state index contributed by atoms with van der Waals surface area (Å²) in [5, 5.41) is 0. The number of hydrogen-bond donors (Lipinski definition) is 1. The number of para-hydroxylation sites is 1. The highest BCUT2D eigenvalue weighted by molar-refractivity contribution is 5.92. The highest BCUT2D eigenvalue weighted by Gasteiger charge is 2.23. The number of urea groups is 1. The summed E-state index contributed by atoms with van der Waals surface area (Å²) < 4.78 is 0. The molecule has 4 heteroatoms. The van der Waals surface area contributed by atoms with Gasteiger partial charge in [0.2, 0.25) is 0 Å². The van der Waals surface area contributed by atoms with Gasteiger partial charge in [0.15, 0.2) is 0 Å². The number of carbonyl (C=O) groups excluding carboxylic acids is 1. The number of piperidine rings is 1. The van der Waals surface area contributed by atoms with Crippen LogP contribution < -0.4 is 10.6 Å². The van der Waals surface area contributed by atoms with Crippen LogP contribution in [0.25, 0.3) is 0 Å². The Labute approximate surface area is 115 Å². The standard InChI is InChI=1S/C15H23N3O/c16-10-7-13-18(14-8-3-1-4-9-14)15(19)17-11-5-2-6-12-17/h1,3-4,8-9H,2,5-7,10-13,16H2. The van der Waals surface area contributed by atoms with Gasteiger partial charge >= 0.3 is 6.03 Å². The topological polar surface area (TPSA) is 49.6 Å². The zero-order chi connectivity index (χ0) is 13.5. The highest BCUT2D eigenvalue weighted by Crippen LogP contribution is 2.18. The molecule has 1 aromatic rings. The molecule has 104 valence electrons. The number of anilines is 1. The lowest BCUT2D eigenvalue weighted by molar-refractivity contribution is 0.193. The minimum absolute atomic E-state index is 0.124. The van der Waals surface area contributed by atoms with Crippen LogP contribution in [-0.2, 0) is 0 Å². The van der Waals surface area contributed by atoms with Crippen molar-refractivity contribution in [3.05, 3.63) is 30.3 Å². The second kappa shape index (κ2) is 7.14. The molecule has 1 saturated heterocycles. The lowest BCUT2D eigenvalue weighted by Gasteiger charge is -2.33. The van der Waals surface area contributed by atoms with Crippen LogP contribution in [0.2, 0.25) is 0 Å². The molecule has 2 rings (SSSR count). The highest BCUT2D eigenvalue weighted by atomic mass is 16.2. The average Bonchev–Trinajstić information content (AvgIpc) is 2.49. The fourth-order valence-corrected chi connectivity index (χ4v) is 2.45. The predicted octanol–water partition coefficient (Wildman–Crippen LogP) is 2.45. The Balaban J connectivity index is 2.10. The number of nitrogens with zero attached hydrogens (tertiary/aromatic N) is 2. The van der Waals surface area contributed by atoms with E-state index in [1.54, 1.807) is 0 Å². The van der Waals surface area contributed by atoms with E-state index in [0.29, 0.717) is 13.1 Å². The molecule has 4 nitrogen and oxygen atoms in total. The van der Waals surface area contributed by atoms with Gasteiger partial charge in [-0.1, -0.05) is 18.2 Å². The van der Waals surface area contributed by atoms with Crippen LogP contribution in [0.4, 0.5) is 10.5 Å². The zero-order valence-electron chi connectivity index (χ0n) is 11.4. The first-order chi connectivity index (χ1) is 9.33. The number of nitrogens with two attached hydrogens (primary N) is 1. The molecule has 0 saturated carbocycles. The fraction of sp³-hybridized carbons (Fsp3) is 0.533. The molecule has 0 radical (unpaired) electrons. The third kappa shape index (κ3) is 3.70. The van der Waals surface area contributed by atoms with Crippen molar-refractivity contribution < 1.29 is 4.79 Å². The molecule has 2 N–H and O–H groups in total. The minimum Gasteiger partial charge on any atom is -0.330 e. The summed E-state index contributed by atoms with van der Waals surface area (Å²) in [4.78, 5) is 16.4. The van der Waals surface area contributed by atoms with Crippen molar-refractivity contribution in [2.24, 2.45) is 5.73 Å². The van der Waals surface area contributed by atoms with Crippen LogP contribution in [0, 0.1) is 0 Å². The second-order valence-electron chi connectivity index (χ2n) is 4.96. The van der Waals surface area contributed by atoms with Crippen LogP contribution in [0.3, 0.4) is 0 Å². The van der Waals surface area contributed by atoms with Crippen molar-refractivity contribution in [1.29, 1.82) is 0 Å². The Morgan fingerprint density at radius 1 is 1.16 bits per heavy atom. The molecule has 2 amide bonds. The maximum absolute atomic E-state index is 12.6. The summed E-state index contributed by atoms with van der Waals surface area (Å²) in [6.07, 6.45) is 4.29. The van der Waals surface area contributed by atoms with Gasteiger partial charge in [0.1, 0.15) is 0 Å². The van der Waals surface area contributed by atoms with Gasteiger partial charge in [0.25, 0.3) is 0 Å². The van der Waals surface area contributed by atoms with Gasteiger partial charge in [-0.15, -0.1) is 0 Å². The van der Waals surface area contributed by atoms with E-state index in [4.69, 9.17) is 5.73 Å². The van der Waals surface area contributed by atoms with Gasteiger partial charge in [0, 0.05) is 25.3 Å². The average molecular weight is 261 g/mol. The van der Waals surface area contributed by atoms with E-state index in [0.717, 1.165) is 38.0 Å². The molecule has 19 heavy (non-hydrogen) atoms. The van der Waals surface area contributed by atoms with Gasteiger partial charge in [-0.05, 0) is 44.4 Å². The van der Waals surface area contributed by atoms with E-state index in [1.165, 1.54) is 6.42 Å². The quantitative estimate of drug-likeness (QED) is 0.905. The van der Waals surface area contributed by atoms with Gasteiger partial charge in [-0.3, -0.25) is 4.90 Å². The molecule has 0 unspecified atom stereocenters. The molecule has 0 spiro atoms. The van der Waals surface area contributed by atoms with Crippen molar-refractivity contribution in [3.8, 4) is 0 Å². The summed E-state index contributed by atoms with van der Waals surface area (Å²) in [6.45, 7) is 3.06. The molecule has 0 aromatic heterocycles. The molecular formula is C15H23N3O. The molecule has 1 heterocycles. The Hall–Kier alpha value is -1.55. The van der Waals surface area contributed by atoms with Gasteiger partial charge in [-0.2, -0.15) is 0 Å². The first-order valence-corrected chi connectivity index (χ1v) is 7.14. The SMILES string of the molecule is NCCCN(C(=O)N1CCCCC1)c1ccccc1. The van der Waals surface area contributed by atoms with Crippen LogP contribution in [0.1, 0.15) is 25.7 Å². The summed E-state index contributed by atoms with van der Waals surface area (Å²) in [5.41, 5.74) is 6.55. The van der Waals surface area contributed by atoms with Gasteiger partial charge in [0.05, 0.1) is 0 Å². The largest absolute Gasteiger partial charge is 0.330 e. The molecule has 1 aliphatic heterocycles. The molecule has 1 aliphatic rings. The van der Waals surface area contributed by atoms with E-state index >= 15 is 0 Å². The molecule has 0 aliphatic carbocycles. The fourth-order valence-electron chi connectivity index (χ4n) is 2.45. The van der Waals surface area contributed by atoms with Crippen molar-refractivity contribution in [2.75, 3.05) is 31.1 Å². The summed E-state index contributed by atoms with van der Waals surface area (Å²) in [5.74, 6) is 0. The Kier molecular flexibility index (Phi) is 5.21. The monoisotopic (exact) mass is 261 g/mol. The second-order valence-corrected chi connectivity index (χ2v) is 4.96. The van der Waals surface area contributed by atoms with E-state index < -0.39 is 0 Å². The van der Waals surface area contributed by atoms with Gasteiger partial charge < -0.3 is 10.6 Å². The molecule has 1 fully saturated rings. The normalized spacial score (nSPS) is 15.3. The Bertz CT molecular complexity index is 388. The number of rotatable bonds is 4. The number of likely N-dealkylation sites (tertiary alicyclic amines) is 1. The molecule has 1 aromatic carbocycles.